The summed E-state index contributed by atoms with van der Waals surface area (Å²) in [5, 5.41) is 7.24. The summed E-state index contributed by atoms with van der Waals surface area (Å²) in [6.07, 6.45) is 6.15. The second kappa shape index (κ2) is 6.26. The molecule has 0 bridgehead atoms. The van der Waals surface area contributed by atoms with Gasteiger partial charge in [-0.05, 0) is 43.9 Å². The molecular formula is C18H23N5O. The third kappa shape index (κ3) is 3.00. The maximum Gasteiger partial charge on any atom is 0.274 e. The molecule has 0 radical (unpaired) electrons. The molecule has 1 amide bonds. The molecule has 0 unspecified atom stereocenters. The number of H-pyrrole nitrogens is 1. The van der Waals surface area contributed by atoms with E-state index in [2.05, 4.69) is 20.1 Å². The third-order valence-electron chi connectivity index (χ3n) is 5.14. The fourth-order valence-electron chi connectivity index (χ4n) is 3.42. The summed E-state index contributed by atoms with van der Waals surface area (Å²) in [7, 11) is 1.90. The van der Waals surface area contributed by atoms with Crippen LogP contribution in [0.4, 0.5) is 5.82 Å². The lowest BCUT2D eigenvalue weighted by atomic mass is 10.0. The number of amides is 1. The molecule has 2 fully saturated rings. The van der Waals surface area contributed by atoms with Crippen LogP contribution in [-0.2, 0) is 0 Å². The molecule has 126 valence electrons. The average molecular weight is 325 g/mol. The highest BCUT2D eigenvalue weighted by Crippen LogP contribution is 2.39. The van der Waals surface area contributed by atoms with Crippen molar-refractivity contribution in [1.29, 1.82) is 0 Å². The maximum absolute atomic E-state index is 12.7. The van der Waals surface area contributed by atoms with Gasteiger partial charge in [-0.2, -0.15) is 5.10 Å². The van der Waals surface area contributed by atoms with Crippen molar-refractivity contribution < 1.29 is 4.79 Å². The molecule has 1 N–H and O–H groups in total. The number of anilines is 1. The summed E-state index contributed by atoms with van der Waals surface area (Å²) in [6.45, 7) is 1.85. The molecule has 0 atom stereocenters. The summed E-state index contributed by atoms with van der Waals surface area (Å²) in [5.41, 5.74) is 1.66. The van der Waals surface area contributed by atoms with Crippen molar-refractivity contribution in [2.75, 3.05) is 25.0 Å². The van der Waals surface area contributed by atoms with Gasteiger partial charge in [0, 0.05) is 44.0 Å². The van der Waals surface area contributed by atoms with Crippen LogP contribution in [0.15, 0.2) is 30.5 Å². The van der Waals surface area contributed by atoms with Crippen LogP contribution in [0.1, 0.15) is 47.8 Å². The van der Waals surface area contributed by atoms with Crippen molar-refractivity contribution in [3.63, 3.8) is 0 Å². The minimum Gasteiger partial charge on any atom is -0.356 e. The van der Waals surface area contributed by atoms with Crippen LogP contribution >= 0.6 is 0 Å². The Kier molecular flexibility index (Phi) is 3.96. The molecule has 6 heteroatoms. The lowest BCUT2D eigenvalue weighted by molar-refractivity contribution is 0.0703. The first-order valence-corrected chi connectivity index (χ1v) is 8.71. The van der Waals surface area contributed by atoms with Crippen molar-refractivity contribution >= 4 is 11.7 Å². The number of aromatic nitrogens is 3. The van der Waals surface area contributed by atoms with E-state index in [0.717, 1.165) is 37.4 Å². The number of rotatable bonds is 4. The van der Waals surface area contributed by atoms with Gasteiger partial charge in [0.05, 0.1) is 0 Å². The quantitative estimate of drug-likeness (QED) is 0.937. The summed E-state index contributed by atoms with van der Waals surface area (Å²) in [6, 6.07) is 8.18. The number of pyridine rings is 1. The highest BCUT2D eigenvalue weighted by atomic mass is 16.2. The zero-order valence-electron chi connectivity index (χ0n) is 14.0. The van der Waals surface area contributed by atoms with Gasteiger partial charge in [-0.1, -0.05) is 6.07 Å². The minimum absolute atomic E-state index is 0.0226. The molecule has 0 aromatic carbocycles. The summed E-state index contributed by atoms with van der Waals surface area (Å²) >= 11 is 0. The van der Waals surface area contributed by atoms with E-state index in [1.165, 1.54) is 12.8 Å². The second-order valence-electron chi connectivity index (χ2n) is 6.81. The second-order valence-corrected chi connectivity index (χ2v) is 6.81. The third-order valence-corrected chi connectivity index (χ3v) is 5.14. The predicted octanol–water partition coefficient (Wildman–Crippen LogP) is 2.42. The molecule has 4 rings (SSSR count). The lowest BCUT2D eigenvalue weighted by Gasteiger charge is -2.37. The Morgan fingerprint density at radius 2 is 2.04 bits per heavy atom. The van der Waals surface area contributed by atoms with Gasteiger partial charge >= 0.3 is 0 Å². The van der Waals surface area contributed by atoms with Crippen LogP contribution in [0.5, 0.6) is 0 Å². The van der Waals surface area contributed by atoms with E-state index in [1.807, 2.05) is 42.4 Å². The summed E-state index contributed by atoms with van der Waals surface area (Å²) in [4.78, 5) is 21.2. The van der Waals surface area contributed by atoms with Crippen LogP contribution in [0, 0.1) is 0 Å². The zero-order chi connectivity index (χ0) is 16.5. The van der Waals surface area contributed by atoms with Gasteiger partial charge in [0.1, 0.15) is 11.5 Å². The SMILES string of the molecule is CN(C(=O)c1cc(C2CC2)[nH]n1)C1CCN(c2ccccn2)CC1. The van der Waals surface area contributed by atoms with Crippen LogP contribution in [-0.4, -0.2) is 52.2 Å². The van der Waals surface area contributed by atoms with Crippen LogP contribution in [0.3, 0.4) is 0 Å². The van der Waals surface area contributed by atoms with Gasteiger partial charge < -0.3 is 9.80 Å². The normalized spacial score (nSPS) is 18.6. The molecule has 6 nitrogen and oxygen atoms in total. The highest BCUT2D eigenvalue weighted by molar-refractivity contribution is 5.92. The van der Waals surface area contributed by atoms with Crippen molar-refractivity contribution in [1.82, 2.24) is 20.1 Å². The Hall–Kier alpha value is -2.37. The molecule has 1 saturated carbocycles. The van der Waals surface area contributed by atoms with E-state index in [0.29, 0.717) is 11.6 Å². The largest absolute Gasteiger partial charge is 0.356 e. The van der Waals surface area contributed by atoms with E-state index in [4.69, 9.17) is 0 Å². The van der Waals surface area contributed by atoms with Crippen molar-refractivity contribution in [3.8, 4) is 0 Å². The Labute approximate surface area is 141 Å². The highest BCUT2D eigenvalue weighted by Gasteiger charge is 2.30. The number of hydrogen-bond donors (Lipinski definition) is 1. The van der Waals surface area contributed by atoms with Crippen LogP contribution < -0.4 is 4.90 Å². The number of nitrogens with zero attached hydrogens (tertiary/aromatic N) is 4. The lowest BCUT2D eigenvalue weighted by Crippen LogP contribution is -2.46. The molecule has 2 aromatic heterocycles. The van der Waals surface area contributed by atoms with Gasteiger partial charge in [-0.25, -0.2) is 4.98 Å². The van der Waals surface area contributed by atoms with Crippen LogP contribution in [0.25, 0.3) is 0 Å². The molecule has 1 aliphatic carbocycles. The number of carbonyl (C=O) groups is 1. The maximum atomic E-state index is 12.7. The molecular weight excluding hydrogens is 302 g/mol. The van der Waals surface area contributed by atoms with Gasteiger partial charge in [0.25, 0.3) is 5.91 Å². The van der Waals surface area contributed by atoms with Crippen molar-refractivity contribution in [2.45, 2.75) is 37.6 Å². The van der Waals surface area contributed by atoms with E-state index >= 15 is 0 Å². The first kappa shape index (κ1) is 15.2. The topological polar surface area (TPSA) is 65.1 Å². The van der Waals surface area contributed by atoms with Crippen molar-refractivity contribution in [2.24, 2.45) is 0 Å². The Bertz CT molecular complexity index is 701. The zero-order valence-corrected chi connectivity index (χ0v) is 14.0. The standard InChI is InChI=1S/C18H23N5O/c1-22(18(24)16-12-15(20-21-16)13-5-6-13)14-7-10-23(11-8-14)17-4-2-3-9-19-17/h2-4,9,12-14H,5-8,10-11H2,1H3,(H,20,21). The Balaban J connectivity index is 1.36. The first-order valence-electron chi connectivity index (χ1n) is 8.71. The fraction of sp³-hybridized carbons (Fsp3) is 0.500. The number of aromatic amines is 1. The van der Waals surface area contributed by atoms with Gasteiger partial charge in [-0.15, -0.1) is 0 Å². The average Bonchev–Trinajstić information content (AvgIpc) is 3.38. The van der Waals surface area contributed by atoms with Gasteiger partial charge in [-0.3, -0.25) is 9.89 Å². The summed E-state index contributed by atoms with van der Waals surface area (Å²) in [5.74, 6) is 1.63. The molecule has 24 heavy (non-hydrogen) atoms. The number of nitrogens with one attached hydrogen (secondary N) is 1. The summed E-state index contributed by atoms with van der Waals surface area (Å²) < 4.78 is 0. The van der Waals surface area contributed by atoms with Gasteiger partial charge in [0.15, 0.2) is 0 Å². The Morgan fingerprint density at radius 3 is 2.71 bits per heavy atom. The van der Waals surface area contributed by atoms with E-state index in [1.54, 1.807) is 0 Å². The minimum atomic E-state index is 0.0226. The predicted molar refractivity (Wildman–Crippen MR) is 92.1 cm³/mol. The monoisotopic (exact) mass is 325 g/mol. The molecule has 1 saturated heterocycles. The van der Waals surface area contributed by atoms with Crippen molar-refractivity contribution in [3.05, 3.63) is 41.9 Å². The van der Waals surface area contributed by atoms with E-state index < -0.39 is 0 Å². The first-order chi connectivity index (χ1) is 11.7. The van der Waals surface area contributed by atoms with E-state index in [9.17, 15) is 4.79 Å². The molecule has 1 aliphatic heterocycles. The molecule has 2 aromatic rings. The molecule has 2 aliphatic rings. The molecule has 3 heterocycles. The molecule has 0 spiro atoms. The smallest absolute Gasteiger partial charge is 0.274 e. The van der Waals surface area contributed by atoms with E-state index in [-0.39, 0.29) is 11.9 Å². The number of piperidine rings is 1. The van der Waals surface area contributed by atoms with Gasteiger partial charge in [0.2, 0.25) is 0 Å². The Morgan fingerprint density at radius 1 is 1.25 bits per heavy atom. The fourth-order valence-corrected chi connectivity index (χ4v) is 3.42. The van der Waals surface area contributed by atoms with Crippen LogP contribution in [0.2, 0.25) is 0 Å². The number of hydrogen-bond acceptors (Lipinski definition) is 4. The number of carbonyl (C=O) groups excluding carboxylic acids is 1.